The highest BCUT2D eigenvalue weighted by Gasteiger charge is 2.30. The maximum absolute atomic E-state index is 12.5. The molecule has 0 saturated carbocycles. The van der Waals surface area contributed by atoms with Gasteiger partial charge in [-0.15, -0.1) is 0 Å². The Morgan fingerprint density at radius 2 is 1.65 bits per heavy atom. The van der Waals surface area contributed by atoms with Crippen molar-refractivity contribution < 1.29 is 19.7 Å². The van der Waals surface area contributed by atoms with E-state index in [-0.39, 0.29) is 28.5 Å². The first-order valence-corrected chi connectivity index (χ1v) is 8.50. The zero-order valence-corrected chi connectivity index (χ0v) is 12.5. The van der Waals surface area contributed by atoms with Crippen molar-refractivity contribution in [3.63, 3.8) is 0 Å². The minimum Gasteiger partial charge on any atom is -0.507 e. The Morgan fingerprint density at radius 1 is 1.10 bits per heavy atom. The minimum absolute atomic E-state index is 0.0119. The molecule has 5 heteroatoms. The van der Waals surface area contributed by atoms with E-state index in [0.29, 0.717) is 17.2 Å². The van der Waals surface area contributed by atoms with Crippen LogP contribution in [0.2, 0.25) is 0 Å². The summed E-state index contributed by atoms with van der Waals surface area (Å²) < 4.78 is 12.5. The van der Waals surface area contributed by atoms with Crippen LogP contribution in [0.25, 0.3) is 10.8 Å². The maximum Gasteiger partial charge on any atom is 0.233 e. The van der Waals surface area contributed by atoms with E-state index >= 15 is 0 Å². The Hall–Kier alpha value is -1.51. The van der Waals surface area contributed by atoms with Crippen LogP contribution < -0.4 is 5.30 Å². The van der Waals surface area contributed by atoms with Crippen LogP contribution >= 0.6 is 7.37 Å². The van der Waals surface area contributed by atoms with Gasteiger partial charge in [-0.25, -0.2) is 0 Å². The van der Waals surface area contributed by atoms with E-state index in [1.807, 2.05) is 6.92 Å². The van der Waals surface area contributed by atoms with Crippen molar-refractivity contribution in [2.75, 3.05) is 6.16 Å². The summed E-state index contributed by atoms with van der Waals surface area (Å²) in [5.41, 5.74) is 0.281. The third kappa shape index (κ3) is 2.41. The lowest BCUT2D eigenvalue weighted by Crippen LogP contribution is -2.13. The molecule has 0 fully saturated rings. The molecule has 0 aromatic heterocycles. The third-order valence-corrected chi connectivity index (χ3v) is 5.70. The SMILES string of the molecule is CCCCP(=O)(O)c1c(C)c(O)c2ccccc2c1O. The van der Waals surface area contributed by atoms with Crippen molar-refractivity contribution in [3.8, 4) is 11.5 Å². The summed E-state index contributed by atoms with van der Waals surface area (Å²) in [6, 6.07) is 6.77. The first-order chi connectivity index (χ1) is 9.40. The normalized spacial score (nSPS) is 14.3. The number of fused-ring (bicyclic) bond motifs is 1. The Kier molecular flexibility index (Phi) is 4.07. The number of unbranched alkanes of at least 4 members (excludes halogenated alkanes) is 1. The summed E-state index contributed by atoms with van der Waals surface area (Å²) in [5, 5.41) is 21.4. The molecule has 0 heterocycles. The summed E-state index contributed by atoms with van der Waals surface area (Å²) in [4.78, 5) is 10.2. The average Bonchev–Trinajstić information content (AvgIpc) is 2.43. The summed E-state index contributed by atoms with van der Waals surface area (Å²) in [6.45, 7) is 3.50. The maximum atomic E-state index is 12.5. The van der Waals surface area contributed by atoms with Gasteiger partial charge in [-0.1, -0.05) is 37.6 Å². The quantitative estimate of drug-likeness (QED) is 0.597. The van der Waals surface area contributed by atoms with E-state index in [1.54, 1.807) is 31.2 Å². The Bertz CT molecular complexity index is 694. The predicted octanol–water partition coefficient (Wildman–Crippen LogP) is 3.26. The lowest BCUT2D eigenvalue weighted by atomic mass is 10.0. The van der Waals surface area contributed by atoms with E-state index in [9.17, 15) is 19.7 Å². The molecule has 0 aliphatic carbocycles. The third-order valence-electron chi connectivity index (χ3n) is 3.54. The second-order valence-corrected chi connectivity index (χ2v) is 7.29. The van der Waals surface area contributed by atoms with Gasteiger partial charge in [0.25, 0.3) is 0 Å². The molecule has 0 bridgehead atoms. The largest absolute Gasteiger partial charge is 0.507 e. The van der Waals surface area contributed by atoms with Gasteiger partial charge in [0.05, 0.1) is 5.30 Å². The minimum atomic E-state index is -3.68. The zero-order valence-electron chi connectivity index (χ0n) is 11.6. The van der Waals surface area contributed by atoms with Gasteiger partial charge < -0.3 is 15.1 Å². The van der Waals surface area contributed by atoms with E-state index in [4.69, 9.17) is 0 Å². The molecule has 0 aliphatic heterocycles. The molecular formula is C15H19O4P. The fourth-order valence-electron chi connectivity index (χ4n) is 2.43. The second-order valence-electron chi connectivity index (χ2n) is 5.00. The average molecular weight is 294 g/mol. The summed E-state index contributed by atoms with van der Waals surface area (Å²) in [6.07, 6.45) is 1.50. The van der Waals surface area contributed by atoms with Crippen LogP contribution in [-0.2, 0) is 4.57 Å². The number of aromatic hydroxyl groups is 2. The monoisotopic (exact) mass is 294 g/mol. The van der Waals surface area contributed by atoms with Crippen LogP contribution in [0.4, 0.5) is 0 Å². The molecule has 108 valence electrons. The van der Waals surface area contributed by atoms with Crippen molar-refractivity contribution in [3.05, 3.63) is 29.8 Å². The molecule has 20 heavy (non-hydrogen) atoms. The Morgan fingerprint density at radius 3 is 2.20 bits per heavy atom. The van der Waals surface area contributed by atoms with Crippen molar-refractivity contribution in [1.29, 1.82) is 0 Å². The number of phenols is 2. The topological polar surface area (TPSA) is 77.8 Å². The number of benzene rings is 2. The molecule has 4 nitrogen and oxygen atoms in total. The molecule has 2 rings (SSSR count). The number of hydrogen-bond acceptors (Lipinski definition) is 3. The van der Waals surface area contributed by atoms with E-state index in [0.717, 1.165) is 6.42 Å². The van der Waals surface area contributed by atoms with E-state index < -0.39 is 7.37 Å². The lowest BCUT2D eigenvalue weighted by molar-refractivity contribution is 0.461. The van der Waals surface area contributed by atoms with Gasteiger partial charge in [-0.05, 0) is 13.3 Å². The van der Waals surface area contributed by atoms with Crippen molar-refractivity contribution in [2.45, 2.75) is 26.7 Å². The second kappa shape index (κ2) is 5.47. The van der Waals surface area contributed by atoms with Gasteiger partial charge in [-0.2, -0.15) is 0 Å². The first kappa shape index (κ1) is 14.9. The standard InChI is InChI=1S/C15H19O4P/c1-3-4-9-20(18,19)15-10(2)13(16)11-7-5-6-8-12(11)14(15)17/h5-8,16-17H,3-4,9H2,1-2H3,(H,18,19). The molecule has 0 amide bonds. The summed E-state index contributed by atoms with van der Waals surface area (Å²) >= 11 is 0. The summed E-state index contributed by atoms with van der Waals surface area (Å²) in [7, 11) is -3.68. The predicted molar refractivity (Wildman–Crippen MR) is 81.2 cm³/mol. The van der Waals surface area contributed by atoms with Crippen molar-refractivity contribution in [1.82, 2.24) is 0 Å². The Balaban J connectivity index is 2.74. The number of hydrogen-bond donors (Lipinski definition) is 3. The highest BCUT2D eigenvalue weighted by Crippen LogP contribution is 2.48. The van der Waals surface area contributed by atoms with Crippen LogP contribution in [0, 0.1) is 6.92 Å². The van der Waals surface area contributed by atoms with Gasteiger partial charge >= 0.3 is 0 Å². The molecule has 2 aromatic carbocycles. The number of rotatable bonds is 4. The highest BCUT2D eigenvalue weighted by atomic mass is 31.2. The van der Waals surface area contributed by atoms with Gasteiger partial charge in [-0.3, -0.25) is 4.57 Å². The first-order valence-electron chi connectivity index (χ1n) is 6.65. The molecule has 2 aromatic rings. The van der Waals surface area contributed by atoms with E-state index in [2.05, 4.69) is 0 Å². The van der Waals surface area contributed by atoms with Crippen molar-refractivity contribution >= 4 is 23.4 Å². The van der Waals surface area contributed by atoms with Crippen LogP contribution in [0.5, 0.6) is 11.5 Å². The number of phenolic OH excluding ortho intramolecular Hbond substituents is 2. The molecule has 0 saturated heterocycles. The van der Waals surface area contributed by atoms with Gasteiger partial charge in [0.2, 0.25) is 7.37 Å². The van der Waals surface area contributed by atoms with Gasteiger partial charge in [0.1, 0.15) is 11.5 Å². The van der Waals surface area contributed by atoms with Crippen LogP contribution in [-0.4, -0.2) is 21.3 Å². The van der Waals surface area contributed by atoms with E-state index in [1.165, 1.54) is 0 Å². The van der Waals surface area contributed by atoms with Gasteiger partial charge in [0.15, 0.2) is 0 Å². The molecule has 0 radical (unpaired) electrons. The molecular weight excluding hydrogens is 275 g/mol. The highest BCUT2D eigenvalue weighted by molar-refractivity contribution is 7.66. The fraction of sp³-hybridized carbons (Fsp3) is 0.333. The smallest absolute Gasteiger partial charge is 0.233 e. The molecule has 0 aliphatic rings. The van der Waals surface area contributed by atoms with Gasteiger partial charge in [0, 0.05) is 22.5 Å². The fourth-order valence-corrected chi connectivity index (χ4v) is 4.48. The molecule has 3 N–H and O–H groups in total. The zero-order chi connectivity index (χ0) is 14.9. The van der Waals surface area contributed by atoms with Crippen LogP contribution in [0.15, 0.2) is 24.3 Å². The Labute approximate surface area is 118 Å². The molecule has 1 atom stereocenters. The van der Waals surface area contributed by atoms with Crippen LogP contribution in [0.3, 0.4) is 0 Å². The van der Waals surface area contributed by atoms with Crippen LogP contribution in [0.1, 0.15) is 25.3 Å². The van der Waals surface area contributed by atoms with Crippen molar-refractivity contribution in [2.24, 2.45) is 0 Å². The molecule has 1 unspecified atom stereocenters. The summed E-state index contributed by atoms with van der Waals surface area (Å²) in [5.74, 6) is -0.239. The molecule has 0 spiro atoms. The lowest BCUT2D eigenvalue weighted by Gasteiger charge is -2.18.